The molecule has 2 N–H and O–H groups in total. The molecule has 0 bridgehead atoms. The molecule has 0 aliphatic heterocycles. The van der Waals surface area contributed by atoms with Crippen molar-refractivity contribution in [3.05, 3.63) is 59.4 Å². The van der Waals surface area contributed by atoms with Crippen molar-refractivity contribution in [1.82, 2.24) is 10.3 Å². The second-order valence-corrected chi connectivity index (χ2v) is 4.60. The number of aromatic nitrogens is 1. The third-order valence-corrected chi connectivity index (χ3v) is 3.06. The molecule has 0 atom stereocenters. The van der Waals surface area contributed by atoms with Gasteiger partial charge in [0.2, 0.25) is 0 Å². The van der Waals surface area contributed by atoms with E-state index in [0.717, 1.165) is 17.8 Å². The van der Waals surface area contributed by atoms with Crippen molar-refractivity contribution in [3.8, 4) is 0 Å². The topological polar surface area (TPSA) is 54.0 Å². The number of benzene rings is 1. The molecule has 1 heterocycles. The van der Waals surface area contributed by atoms with Crippen molar-refractivity contribution in [1.29, 1.82) is 0 Å². The highest BCUT2D eigenvalue weighted by Crippen LogP contribution is 2.17. The Bertz CT molecular complexity index is 582. The number of hydrogen-bond donors (Lipinski definition) is 2. The van der Waals surface area contributed by atoms with E-state index in [1.807, 2.05) is 44.2 Å². The molecule has 1 amide bonds. The van der Waals surface area contributed by atoms with E-state index in [-0.39, 0.29) is 5.91 Å². The summed E-state index contributed by atoms with van der Waals surface area (Å²) in [7, 11) is 0. The zero-order valence-electron chi connectivity index (χ0n) is 11.8. The van der Waals surface area contributed by atoms with Gasteiger partial charge in [0.05, 0.1) is 0 Å². The smallest absolute Gasteiger partial charge is 0.251 e. The predicted molar refractivity (Wildman–Crippen MR) is 80.7 cm³/mol. The van der Waals surface area contributed by atoms with Gasteiger partial charge in [-0.2, -0.15) is 0 Å². The molecule has 0 saturated heterocycles. The van der Waals surface area contributed by atoms with Crippen LogP contribution in [0.5, 0.6) is 0 Å². The summed E-state index contributed by atoms with van der Waals surface area (Å²) in [6.07, 6.45) is 3.56. The van der Waals surface area contributed by atoms with Crippen LogP contribution in [0.4, 0.5) is 5.69 Å². The molecule has 0 radical (unpaired) electrons. The second-order valence-electron chi connectivity index (χ2n) is 4.60. The third-order valence-electron chi connectivity index (χ3n) is 3.06. The lowest BCUT2D eigenvalue weighted by atomic mass is 10.1. The highest BCUT2D eigenvalue weighted by molar-refractivity contribution is 5.94. The first-order chi connectivity index (χ1) is 9.70. The average molecular weight is 269 g/mol. The molecule has 0 saturated carbocycles. The van der Waals surface area contributed by atoms with Gasteiger partial charge in [0.15, 0.2) is 0 Å². The van der Waals surface area contributed by atoms with E-state index >= 15 is 0 Å². The van der Waals surface area contributed by atoms with Crippen LogP contribution in [0.1, 0.15) is 28.4 Å². The molecular weight excluding hydrogens is 250 g/mol. The second kappa shape index (κ2) is 6.70. The Morgan fingerprint density at radius 1 is 1.20 bits per heavy atom. The lowest BCUT2D eigenvalue weighted by Crippen LogP contribution is -2.22. The van der Waals surface area contributed by atoms with E-state index in [1.165, 1.54) is 5.56 Å². The number of nitrogens with one attached hydrogen (secondary N) is 2. The largest absolute Gasteiger partial charge is 0.381 e. The molecule has 0 unspecified atom stereocenters. The Morgan fingerprint density at radius 3 is 2.60 bits per heavy atom. The maximum absolute atomic E-state index is 11.7. The fraction of sp³-hybridized carbons (Fsp3) is 0.250. The van der Waals surface area contributed by atoms with Crippen LogP contribution in [-0.2, 0) is 6.54 Å². The summed E-state index contributed by atoms with van der Waals surface area (Å²) in [5.74, 6) is -0.0312. The quantitative estimate of drug-likeness (QED) is 0.877. The molecule has 0 spiro atoms. The van der Waals surface area contributed by atoms with E-state index in [4.69, 9.17) is 0 Å². The zero-order chi connectivity index (χ0) is 14.4. The summed E-state index contributed by atoms with van der Waals surface area (Å²) in [6, 6.07) is 9.64. The van der Waals surface area contributed by atoms with Crippen LogP contribution in [0, 0.1) is 6.92 Å². The average Bonchev–Trinajstić information content (AvgIpc) is 2.47. The van der Waals surface area contributed by atoms with Crippen LogP contribution in [0.3, 0.4) is 0 Å². The van der Waals surface area contributed by atoms with Gasteiger partial charge in [-0.1, -0.05) is 0 Å². The molecule has 0 aliphatic carbocycles. The van der Waals surface area contributed by atoms with Crippen molar-refractivity contribution < 1.29 is 4.79 Å². The van der Waals surface area contributed by atoms with Crippen molar-refractivity contribution in [3.63, 3.8) is 0 Å². The Labute approximate surface area is 119 Å². The van der Waals surface area contributed by atoms with Crippen LogP contribution in [0.15, 0.2) is 42.7 Å². The lowest BCUT2D eigenvalue weighted by molar-refractivity contribution is 0.0956. The first-order valence-electron chi connectivity index (χ1n) is 6.72. The highest BCUT2D eigenvalue weighted by atomic mass is 16.1. The van der Waals surface area contributed by atoms with E-state index in [0.29, 0.717) is 12.1 Å². The minimum atomic E-state index is -0.0312. The molecule has 4 heteroatoms. The van der Waals surface area contributed by atoms with Gasteiger partial charge >= 0.3 is 0 Å². The third kappa shape index (κ3) is 3.57. The number of aryl methyl sites for hydroxylation is 1. The van der Waals surface area contributed by atoms with E-state index in [1.54, 1.807) is 12.4 Å². The minimum absolute atomic E-state index is 0.0312. The Hall–Kier alpha value is -2.36. The minimum Gasteiger partial charge on any atom is -0.381 e. The zero-order valence-corrected chi connectivity index (χ0v) is 11.8. The Kier molecular flexibility index (Phi) is 4.71. The molecule has 20 heavy (non-hydrogen) atoms. The summed E-state index contributed by atoms with van der Waals surface area (Å²) in [4.78, 5) is 15.7. The van der Waals surface area contributed by atoms with E-state index < -0.39 is 0 Å². The summed E-state index contributed by atoms with van der Waals surface area (Å²) >= 11 is 0. The van der Waals surface area contributed by atoms with Crippen LogP contribution in [0.25, 0.3) is 0 Å². The van der Waals surface area contributed by atoms with Gasteiger partial charge in [-0.25, -0.2) is 0 Å². The SMILES string of the molecule is CCNC(=O)c1ccc(NCc2ccncc2)c(C)c1. The first-order valence-corrected chi connectivity index (χ1v) is 6.72. The van der Waals surface area contributed by atoms with Gasteiger partial charge < -0.3 is 10.6 Å². The predicted octanol–water partition coefficient (Wildman–Crippen LogP) is 2.75. The number of hydrogen-bond acceptors (Lipinski definition) is 3. The lowest BCUT2D eigenvalue weighted by Gasteiger charge is -2.11. The molecule has 2 aromatic rings. The van der Waals surface area contributed by atoms with Crippen molar-refractivity contribution in [2.75, 3.05) is 11.9 Å². The van der Waals surface area contributed by atoms with Gasteiger partial charge in [0.1, 0.15) is 0 Å². The van der Waals surface area contributed by atoms with Crippen molar-refractivity contribution >= 4 is 11.6 Å². The number of pyridine rings is 1. The maximum Gasteiger partial charge on any atom is 0.251 e. The number of carbonyl (C=O) groups is 1. The highest BCUT2D eigenvalue weighted by Gasteiger charge is 2.06. The normalized spacial score (nSPS) is 10.1. The molecule has 2 rings (SSSR count). The number of amides is 1. The van der Waals surface area contributed by atoms with Gasteiger partial charge in [0.25, 0.3) is 5.91 Å². The molecular formula is C16H19N3O. The fourth-order valence-corrected chi connectivity index (χ4v) is 1.96. The number of anilines is 1. The standard InChI is InChI=1S/C16H19N3O/c1-3-18-16(20)14-4-5-15(12(2)10-14)19-11-13-6-8-17-9-7-13/h4-10,19H,3,11H2,1-2H3,(H,18,20). The van der Waals surface area contributed by atoms with Gasteiger partial charge in [-0.05, 0) is 55.3 Å². The van der Waals surface area contributed by atoms with Crippen LogP contribution < -0.4 is 10.6 Å². The summed E-state index contributed by atoms with van der Waals surface area (Å²) in [5, 5.41) is 6.17. The van der Waals surface area contributed by atoms with E-state index in [9.17, 15) is 4.79 Å². The molecule has 0 aliphatic rings. The monoisotopic (exact) mass is 269 g/mol. The fourth-order valence-electron chi connectivity index (χ4n) is 1.96. The van der Waals surface area contributed by atoms with Crippen molar-refractivity contribution in [2.24, 2.45) is 0 Å². The van der Waals surface area contributed by atoms with Crippen LogP contribution >= 0.6 is 0 Å². The van der Waals surface area contributed by atoms with Crippen molar-refractivity contribution in [2.45, 2.75) is 20.4 Å². The first kappa shape index (κ1) is 14.1. The molecule has 1 aromatic heterocycles. The Balaban J connectivity index is 2.04. The Morgan fingerprint density at radius 2 is 1.95 bits per heavy atom. The van der Waals surface area contributed by atoms with Gasteiger partial charge in [0, 0.05) is 36.7 Å². The molecule has 104 valence electrons. The van der Waals surface area contributed by atoms with Crippen LogP contribution in [0.2, 0.25) is 0 Å². The van der Waals surface area contributed by atoms with Crippen LogP contribution in [-0.4, -0.2) is 17.4 Å². The van der Waals surface area contributed by atoms with Gasteiger partial charge in [-0.3, -0.25) is 9.78 Å². The summed E-state index contributed by atoms with van der Waals surface area (Å²) in [6.45, 7) is 5.29. The van der Waals surface area contributed by atoms with E-state index in [2.05, 4.69) is 15.6 Å². The van der Waals surface area contributed by atoms with Gasteiger partial charge in [-0.15, -0.1) is 0 Å². The molecule has 4 nitrogen and oxygen atoms in total. The number of nitrogens with zero attached hydrogens (tertiary/aromatic N) is 1. The number of rotatable bonds is 5. The summed E-state index contributed by atoms with van der Waals surface area (Å²) in [5.41, 5.74) is 3.96. The molecule has 0 fully saturated rings. The molecule has 1 aromatic carbocycles. The number of carbonyl (C=O) groups excluding carboxylic acids is 1. The summed E-state index contributed by atoms with van der Waals surface area (Å²) < 4.78 is 0. The maximum atomic E-state index is 11.7.